The fourth-order valence-electron chi connectivity index (χ4n) is 2.59. The third kappa shape index (κ3) is 6.27. The summed E-state index contributed by atoms with van der Waals surface area (Å²) in [6.45, 7) is 0. The minimum Gasteiger partial charge on any atom is -0.497 e. The number of ether oxygens (including phenoxy) is 5. The number of hydrogen-bond donors (Lipinski definition) is 0. The Kier molecular flexibility index (Phi) is 8.09. The molecule has 7 heteroatoms. The number of hydrogen-bond acceptors (Lipinski definition) is 7. The van der Waals surface area contributed by atoms with Crippen LogP contribution >= 0.6 is 0 Å². The predicted molar refractivity (Wildman–Crippen MR) is 108 cm³/mol. The van der Waals surface area contributed by atoms with E-state index in [4.69, 9.17) is 18.9 Å². The average molecular weight is 400 g/mol. The maximum absolute atomic E-state index is 12.3. The second kappa shape index (κ2) is 10.8. The molecule has 0 atom stereocenters. The van der Waals surface area contributed by atoms with E-state index < -0.39 is 11.9 Å². The molecule has 0 saturated heterocycles. The van der Waals surface area contributed by atoms with Gasteiger partial charge >= 0.3 is 11.9 Å². The number of carbonyl (C=O) groups is 2. The number of carbonyl (C=O) groups excluding carboxylic acids is 2. The first-order valence-electron chi connectivity index (χ1n) is 8.86. The summed E-state index contributed by atoms with van der Waals surface area (Å²) in [4.78, 5) is 23.5. The van der Waals surface area contributed by atoms with Crippen LogP contribution in [0.1, 0.15) is 17.5 Å². The Labute approximate surface area is 169 Å². The van der Waals surface area contributed by atoms with E-state index in [2.05, 4.69) is 4.74 Å². The highest BCUT2D eigenvalue weighted by Crippen LogP contribution is 2.30. The molecule has 0 N–H and O–H groups in total. The normalized spacial score (nSPS) is 10.5. The zero-order chi connectivity index (χ0) is 21.2. The van der Waals surface area contributed by atoms with Crippen molar-refractivity contribution in [1.29, 1.82) is 0 Å². The summed E-state index contributed by atoms with van der Waals surface area (Å²) in [6.07, 6.45) is 3.45. The van der Waals surface area contributed by atoms with E-state index in [9.17, 15) is 9.59 Å². The van der Waals surface area contributed by atoms with E-state index in [0.717, 1.165) is 5.56 Å². The zero-order valence-corrected chi connectivity index (χ0v) is 16.9. The lowest BCUT2D eigenvalue weighted by Gasteiger charge is -2.12. The molecule has 2 rings (SSSR count). The molecule has 0 radical (unpaired) electrons. The van der Waals surface area contributed by atoms with Gasteiger partial charge in [0.15, 0.2) is 11.5 Å². The SMILES string of the molecule is COC(=O)/C=C/c1ccc(OC(=O)CCc2cc(OC)ccc2OC)c(OC)c1. The summed E-state index contributed by atoms with van der Waals surface area (Å²) in [5.74, 6) is 1.16. The van der Waals surface area contributed by atoms with Crippen molar-refractivity contribution in [2.45, 2.75) is 12.8 Å². The van der Waals surface area contributed by atoms with E-state index in [-0.39, 0.29) is 6.42 Å². The van der Waals surface area contributed by atoms with Crippen LogP contribution in [0.15, 0.2) is 42.5 Å². The maximum atomic E-state index is 12.3. The van der Waals surface area contributed by atoms with Gasteiger partial charge in [-0.3, -0.25) is 4.79 Å². The van der Waals surface area contributed by atoms with Gasteiger partial charge in [0.05, 0.1) is 34.9 Å². The van der Waals surface area contributed by atoms with Crippen molar-refractivity contribution in [2.75, 3.05) is 28.4 Å². The molecule has 0 amide bonds. The minimum atomic E-state index is -0.465. The first-order valence-corrected chi connectivity index (χ1v) is 8.86. The van der Waals surface area contributed by atoms with Gasteiger partial charge in [-0.25, -0.2) is 4.79 Å². The Balaban J connectivity index is 2.05. The van der Waals surface area contributed by atoms with Gasteiger partial charge in [-0.15, -0.1) is 0 Å². The first-order chi connectivity index (χ1) is 14.0. The molecule has 0 aliphatic rings. The Hall–Kier alpha value is -3.48. The second-order valence-corrected chi connectivity index (χ2v) is 5.92. The van der Waals surface area contributed by atoms with Gasteiger partial charge in [0, 0.05) is 6.08 Å². The monoisotopic (exact) mass is 400 g/mol. The molecule has 0 heterocycles. The van der Waals surface area contributed by atoms with E-state index in [0.29, 0.717) is 35.0 Å². The van der Waals surface area contributed by atoms with Crippen molar-refractivity contribution in [1.82, 2.24) is 0 Å². The largest absolute Gasteiger partial charge is 0.497 e. The van der Waals surface area contributed by atoms with Gasteiger partial charge < -0.3 is 23.7 Å². The third-order valence-electron chi connectivity index (χ3n) is 4.11. The van der Waals surface area contributed by atoms with Crippen LogP contribution in [0.4, 0.5) is 0 Å². The van der Waals surface area contributed by atoms with Crippen LogP contribution in [0.5, 0.6) is 23.0 Å². The lowest BCUT2D eigenvalue weighted by Crippen LogP contribution is -2.10. The van der Waals surface area contributed by atoms with Gasteiger partial charge in [-0.2, -0.15) is 0 Å². The number of benzene rings is 2. The molecule has 0 aliphatic heterocycles. The van der Waals surface area contributed by atoms with Crippen molar-refractivity contribution >= 4 is 18.0 Å². The Morgan fingerprint density at radius 1 is 0.862 bits per heavy atom. The molecule has 0 saturated carbocycles. The number of rotatable bonds is 9. The summed E-state index contributed by atoms with van der Waals surface area (Å²) in [7, 11) is 5.93. The molecule has 0 aromatic heterocycles. The Morgan fingerprint density at radius 2 is 1.59 bits per heavy atom. The fraction of sp³-hybridized carbons (Fsp3) is 0.273. The molecule has 0 bridgehead atoms. The molecule has 7 nitrogen and oxygen atoms in total. The molecule has 0 spiro atoms. The average Bonchev–Trinajstić information content (AvgIpc) is 2.76. The van der Waals surface area contributed by atoms with Gasteiger partial charge in [-0.05, 0) is 54.0 Å². The van der Waals surface area contributed by atoms with Crippen LogP contribution in [0.25, 0.3) is 6.08 Å². The van der Waals surface area contributed by atoms with E-state index in [1.54, 1.807) is 50.6 Å². The quantitative estimate of drug-likeness (QED) is 0.362. The minimum absolute atomic E-state index is 0.149. The van der Waals surface area contributed by atoms with Gasteiger partial charge in [0.2, 0.25) is 0 Å². The predicted octanol–water partition coefficient (Wildman–Crippen LogP) is 3.44. The van der Waals surface area contributed by atoms with E-state index in [1.807, 2.05) is 6.07 Å². The summed E-state index contributed by atoms with van der Waals surface area (Å²) in [5.41, 5.74) is 1.55. The van der Waals surface area contributed by atoms with Crippen molar-refractivity contribution in [3.63, 3.8) is 0 Å². The fourth-order valence-corrected chi connectivity index (χ4v) is 2.59. The first kappa shape index (κ1) is 21.8. The van der Waals surface area contributed by atoms with Gasteiger partial charge in [-0.1, -0.05) is 6.07 Å². The van der Waals surface area contributed by atoms with Crippen LogP contribution in [0.2, 0.25) is 0 Å². The number of methoxy groups -OCH3 is 4. The topological polar surface area (TPSA) is 80.3 Å². The van der Waals surface area contributed by atoms with Crippen molar-refractivity contribution < 1.29 is 33.3 Å². The van der Waals surface area contributed by atoms with Crippen molar-refractivity contribution in [2.24, 2.45) is 0 Å². The van der Waals surface area contributed by atoms with Gasteiger partial charge in [0.1, 0.15) is 11.5 Å². The number of esters is 2. The van der Waals surface area contributed by atoms with Crippen molar-refractivity contribution in [3.8, 4) is 23.0 Å². The van der Waals surface area contributed by atoms with E-state index >= 15 is 0 Å². The van der Waals surface area contributed by atoms with Gasteiger partial charge in [0.25, 0.3) is 0 Å². The van der Waals surface area contributed by atoms with Crippen LogP contribution < -0.4 is 18.9 Å². The lowest BCUT2D eigenvalue weighted by atomic mass is 10.1. The Morgan fingerprint density at radius 3 is 2.24 bits per heavy atom. The summed E-state index contributed by atoms with van der Waals surface area (Å²) < 4.78 is 25.8. The highest BCUT2D eigenvalue weighted by atomic mass is 16.6. The molecule has 154 valence electrons. The zero-order valence-electron chi connectivity index (χ0n) is 16.9. The van der Waals surface area contributed by atoms with Crippen LogP contribution in [-0.2, 0) is 20.7 Å². The summed E-state index contributed by atoms with van der Waals surface area (Å²) in [6, 6.07) is 10.4. The summed E-state index contributed by atoms with van der Waals surface area (Å²) in [5, 5.41) is 0. The molecule has 0 fully saturated rings. The standard InChI is InChI=1S/C22H24O7/c1-25-17-8-10-18(26-2)16(14-17)7-12-22(24)29-19-9-5-15(13-20(19)27-3)6-11-21(23)28-4/h5-6,8-11,13-14H,7,12H2,1-4H3/b11-6+. The molecule has 29 heavy (non-hydrogen) atoms. The smallest absolute Gasteiger partial charge is 0.330 e. The molecule has 2 aromatic carbocycles. The van der Waals surface area contributed by atoms with Crippen LogP contribution in [0.3, 0.4) is 0 Å². The Bertz CT molecular complexity index is 887. The maximum Gasteiger partial charge on any atom is 0.330 e. The summed E-state index contributed by atoms with van der Waals surface area (Å²) >= 11 is 0. The molecular weight excluding hydrogens is 376 g/mol. The molecule has 2 aromatic rings. The van der Waals surface area contributed by atoms with E-state index in [1.165, 1.54) is 20.3 Å². The highest BCUT2D eigenvalue weighted by Gasteiger charge is 2.13. The number of aryl methyl sites for hydroxylation is 1. The third-order valence-corrected chi connectivity index (χ3v) is 4.11. The molecule has 0 aliphatic carbocycles. The molecular formula is C22H24O7. The van der Waals surface area contributed by atoms with Crippen LogP contribution in [-0.4, -0.2) is 40.4 Å². The molecule has 0 unspecified atom stereocenters. The highest BCUT2D eigenvalue weighted by molar-refractivity contribution is 5.87. The second-order valence-electron chi connectivity index (χ2n) is 5.92. The van der Waals surface area contributed by atoms with Crippen molar-refractivity contribution in [3.05, 3.63) is 53.6 Å². The van der Waals surface area contributed by atoms with Crippen LogP contribution in [0, 0.1) is 0 Å². The lowest BCUT2D eigenvalue weighted by molar-refractivity contribution is -0.135.